The molecule has 0 radical (unpaired) electrons. The Labute approximate surface area is 126 Å². The van der Waals surface area contributed by atoms with Crippen LogP contribution in [-0.4, -0.2) is 10.9 Å². The number of hydrogen-bond donors (Lipinski definition) is 1. The molecule has 0 aliphatic heterocycles. The predicted molar refractivity (Wildman–Crippen MR) is 85.0 cm³/mol. The van der Waals surface area contributed by atoms with Crippen LogP contribution < -0.4 is 0 Å². The minimum atomic E-state index is 0.0131. The number of aryl methyl sites for hydroxylation is 1. The van der Waals surface area contributed by atoms with Crippen molar-refractivity contribution in [2.75, 3.05) is 0 Å². The standard InChI is InChI=1S/C18H24O3/c1-3-5-7-9-16(19)15-11-13-10-14(8-6-4-2)21-18(13)12-17(15)20/h10-12,20H,3-9H2,1-2H3. The molecule has 0 saturated heterocycles. The van der Waals surface area contributed by atoms with Crippen LogP contribution in [-0.2, 0) is 6.42 Å². The van der Waals surface area contributed by atoms with Crippen molar-refractivity contribution in [3.05, 3.63) is 29.5 Å². The van der Waals surface area contributed by atoms with Crippen LogP contribution in [0, 0.1) is 0 Å². The van der Waals surface area contributed by atoms with Gasteiger partial charge < -0.3 is 9.52 Å². The summed E-state index contributed by atoms with van der Waals surface area (Å²) >= 11 is 0. The molecule has 0 saturated carbocycles. The van der Waals surface area contributed by atoms with Crippen molar-refractivity contribution >= 4 is 16.8 Å². The first-order chi connectivity index (χ1) is 10.2. The van der Waals surface area contributed by atoms with E-state index >= 15 is 0 Å². The fourth-order valence-corrected chi connectivity index (χ4v) is 2.50. The van der Waals surface area contributed by atoms with Gasteiger partial charge in [0.25, 0.3) is 0 Å². The molecule has 0 aliphatic rings. The van der Waals surface area contributed by atoms with Crippen molar-refractivity contribution in [1.82, 2.24) is 0 Å². The Hall–Kier alpha value is -1.77. The second-order valence-electron chi connectivity index (χ2n) is 5.60. The molecule has 1 N–H and O–H groups in total. The summed E-state index contributed by atoms with van der Waals surface area (Å²) in [4.78, 5) is 12.2. The van der Waals surface area contributed by atoms with E-state index in [1.165, 1.54) is 0 Å². The largest absolute Gasteiger partial charge is 0.507 e. The Morgan fingerprint density at radius 2 is 1.86 bits per heavy atom. The van der Waals surface area contributed by atoms with Crippen LogP contribution in [0.15, 0.2) is 22.6 Å². The average molecular weight is 288 g/mol. The third-order valence-corrected chi connectivity index (χ3v) is 3.77. The van der Waals surface area contributed by atoms with E-state index in [0.717, 1.165) is 49.7 Å². The molecule has 1 aromatic heterocycles. The van der Waals surface area contributed by atoms with E-state index in [0.29, 0.717) is 17.6 Å². The molecule has 0 fully saturated rings. The van der Waals surface area contributed by atoms with Crippen molar-refractivity contribution in [3.63, 3.8) is 0 Å². The number of hydrogen-bond acceptors (Lipinski definition) is 3. The smallest absolute Gasteiger partial charge is 0.166 e. The number of ketones is 1. The van der Waals surface area contributed by atoms with E-state index in [-0.39, 0.29) is 11.5 Å². The fraction of sp³-hybridized carbons (Fsp3) is 0.500. The maximum Gasteiger partial charge on any atom is 0.166 e. The summed E-state index contributed by atoms with van der Waals surface area (Å²) in [5.74, 6) is 0.960. The van der Waals surface area contributed by atoms with E-state index in [2.05, 4.69) is 13.8 Å². The average Bonchev–Trinajstić information content (AvgIpc) is 2.86. The van der Waals surface area contributed by atoms with Crippen molar-refractivity contribution in [2.24, 2.45) is 0 Å². The first kappa shape index (κ1) is 15.6. The number of phenolic OH excluding ortho intramolecular Hbond substituents is 1. The van der Waals surface area contributed by atoms with Crippen molar-refractivity contribution in [2.45, 2.75) is 58.8 Å². The molecular weight excluding hydrogens is 264 g/mol. The predicted octanol–water partition coefficient (Wildman–Crippen LogP) is 5.24. The lowest BCUT2D eigenvalue weighted by molar-refractivity contribution is 0.0977. The van der Waals surface area contributed by atoms with E-state index in [1.807, 2.05) is 6.07 Å². The van der Waals surface area contributed by atoms with Crippen molar-refractivity contribution < 1.29 is 14.3 Å². The Bertz CT molecular complexity index is 610. The summed E-state index contributed by atoms with van der Waals surface area (Å²) in [6.45, 7) is 4.25. The molecule has 1 heterocycles. The number of carbonyl (C=O) groups is 1. The summed E-state index contributed by atoms with van der Waals surface area (Å²) in [6, 6.07) is 5.31. The molecule has 114 valence electrons. The zero-order chi connectivity index (χ0) is 15.2. The van der Waals surface area contributed by atoms with Crippen LogP contribution in [0.4, 0.5) is 0 Å². The van der Waals surface area contributed by atoms with Crippen LogP contribution in [0.1, 0.15) is 68.5 Å². The van der Waals surface area contributed by atoms with E-state index in [1.54, 1.807) is 12.1 Å². The summed E-state index contributed by atoms with van der Waals surface area (Å²) in [5.41, 5.74) is 1.07. The minimum absolute atomic E-state index is 0.0131. The van der Waals surface area contributed by atoms with Gasteiger partial charge in [-0.2, -0.15) is 0 Å². The third kappa shape index (κ3) is 3.87. The number of fused-ring (bicyclic) bond motifs is 1. The molecule has 0 amide bonds. The number of phenols is 1. The van der Waals surface area contributed by atoms with Gasteiger partial charge in [0.1, 0.15) is 17.1 Å². The lowest BCUT2D eigenvalue weighted by Gasteiger charge is -2.03. The van der Waals surface area contributed by atoms with Gasteiger partial charge in [-0.25, -0.2) is 0 Å². The maximum atomic E-state index is 12.2. The van der Waals surface area contributed by atoms with Gasteiger partial charge in [0.05, 0.1) is 5.56 Å². The molecule has 0 bridgehead atoms. The molecule has 3 heteroatoms. The summed E-state index contributed by atoms with van der Waals surface area (Å²) in [5, 5.41) is 10.9. The van der Waals surface area contributed by atoms with Gasteiger partial charge in [-0.3, -0.25) is 4.79 Å². The molecular formula is C18H24O3. The second-order valence-corrected chi connectivity index (χ2v) is 5.60. The molecule has 0 unspecified atom stereocenters. The molecule has 3 nitrogen and oxygen atoms in total. The molecule has 0 aliphatic carbocycles. The van der Waals surface area contributed by atoms with Crippen molar-refractivity contribution in [1.29, 1.82) is 0 Å². The highest BCUT2D eigenvalue weighted by Crippen LogP contribution is 2.29. The van der Waals surface area contributed by atoms with Crippen LogP contribution >= 0.6 is 0 Å². The zero-order valence-corrected chi connectivity index (χ0v) is 12.9. The number of benzene rings is 1. The number of rotatable bonds is 8. The van der Waals surface area contributed by atoms with E-state index in [9.17, 15) is 9.90 Å². The third-order valence-electron chi connectivity index (χ3n) is 3.77. The van der Waals surface area contributed by atoms with Gasteiger partial charge in [-0.05, 0) is 25.0 Å². The highest BCUT2D eigenvalue weighted by atomic mass is 16.3. The second kappa shape index (κ2) is 7.30. The highest BCUT2D eigenvalue weighted by molar-refractivity contribution is 6.02. The molecule has 2 rings (SSSR count). The van der Waals surface area contributed by atoms with Crippen LogP contribution in [0.25, 0.3) is 11.0 Å². The summed E-state index contributed by atoms with van der Waals surface area (Å²) < 4.78 is 5.71. The summed E-state index contributed by atoms with van der Waals surface area (Å²) in [7, 11) is 0. The summed E-state index contributed by atoms with van der Waals surface area (Å²) in [6.07, 6.45) is 6.58. The SMILES string of the molecule is CCCCCC(=O)c1cc2cc(CCCC)oc2cc1O. The van der Waals surface area contributed by atoms with Crippen LogP contribution in [0.5, 0.6) is 5.75 Å². The monoisotopic (exact) mass is 288 g/mol. The zero-order valence-electron chi connectivity index (χ0n) is 12.9. The lowest BCUT2D eigenvalue weighted by Crippen LogP contribution is -1.99. The Morgan fingerprint density at radius 3 is 2.57 bits per heavy atom. The van der Waals surface area contributed by atoms with Gasteiger partial charge >= 0.3 is 0 Å². The number of Topliss-reactive ketones (excluding diaryl/α,β-unsaturated/α-hetero) is 1. The Balaban J connectivity index is 2.20. The molecule has 0 atom stereocenters. The number of carbonyl (C=O) groups excluding carboxylic acids is 1. The van der Waals surface area contributed by atoms with Crippen molar-refractivity contribution in [3.8, 4) is 5.75 Å². The van der Waals surface area contributed by atoms with E-state index < -0.39 is 0 Å². The first-order valence-corrected chi connectivity index (χ1v) is 7.94. The lowest BCUT2D eigenvalue weighted by atomic mass is 10.0. The Kier molecular flexibility index (Phi) is 5.43. The molecule has 0 spiro atoms. The number of aromatic hydroxyl groups is 1. The van der Waals surface area contributed by atoms with Crippen LogP contribution in [0.2, 0.25) is 0 Å². The minimum Gasteiger partial charge on any atom is -0.507 e. The number of furan rings is 1. The fourth-order valence-electron chi connectivity index (χ4n) is 2.50. The normalized spacial score (nSPS) is 11.1. The quantitative estimate of drug-likeness (QED) is 0.533. The van der Waals surface area contributed by atoms with Gasteiger partial charge in [0.2, 0.25) is 0 Å². The van der Waals surface area contributed by atoms with Gasteiger partial charge in [-0.15, -0.1) is 0 Å². The van der Waals surface area contributed by atoms with Gasteiger partial charge in [0, 0.05) is 24.3 Å². The Morgan fingerprint density at radius 1 is 1.10 bits per heavy atom. The molecule has 21 heavy (non-hydrogen) atoms. The topological polar surface area (TPSA) is 50.4 Å². The van der Waals surface area contributed by atoms with Gasteiger partial charge in [-0.1, -0.05) is 33.1 Å². The maximum absolute atomic E-state index is 12.2. The van der Waals surface area contributed by atoms with Crippen LogP contribution in [0.3, 0.4) is 0 Å². The van der Waals surface area contributed by atoms with E-state index in [4.69, 9.17) is 4.42 Å². The highest BCUT2D eigenvalue weighted by Gasteiger charge is 2.14. The first-order valence-electron chi connectivity index (χ1n) is 7.94. The molecule has 2 aromatic rings. The molecule has 1 aromatic carbocycles. The number of unbranched alkanes of at least 4 members (excludes halogenated alkanes) is 3. The van der Waals surface area contributed by atoms with Gasteiger partial charge in [0.15, 0.2) is 5.78 Å².